The molecule has 2 heterocycles. The van der Waals surface area contributed by atoms with Gasteiger partial charge >= 0.3 is 0 Å². The van der Waals surface area contributed by atoms with Gasteiger partial charge in [0.15, 0.2) is 0 Å². The number of hydrogen-bond acceptors (Lipinski definition) is 3. The summed E-state index contributed by atoms with van der Waals surface area (Å²) < 4.78 is 0. The van der Waals surface area contributed by atoms with Crippen LogP contribution in [0.3, 0.4) is 0 Å². The van der Waals surface area contributed by atoms with Crippen LogP contribution in [0, 0.1) is 48.5 Å². The van der Waals surface area contributed by atoms with Crippen molar-refractivity contribution in [3.8, 4) is 0 Å². The van der Waals surface area contributed by atoms with Gasteiger partial charge in [0.25, 0.3) is 0 Å². The number of nitrogens with zero attached hydrogens (tertiary/aromatic N) is 1. The van der Waals surface area contributed by atoms with Crippen LogP contribution in [0.25, 0.3) is 0 Å². The third-order valence-electron chi connectivity index (χ3n) is 8.68. The van der Waals surface area contributed by atoms with Crippen molar-refractivity contribution in [1.82, 2.24) is 0 Å². The van der Waals surface area contributed by atoms with E-state index in [0.29, 0.717) is 0 Å². The Bertz CT molecular complexity index is 1910. The van der Waals surface area contributed by atoms with Crippen molar-refractivity contribution in [3.05, 3.63) is 124 Å². The molecule has 0 aliphatic carbocycles. The van der Waals surface area contributed by atoms with Gasteiger partial charge in [-0.15, -0.1) is 0 Å². The summed E-state index contributed by atoms with van der Waals surface area (Å²) in [5.74, 6) is 0. The topological polar surface area (TPSA) is 3.24 Å². The number of benzene rings is 5. The molecule has 0 saturated carbocycles. The molecule has 7 rings (SSSR count). The average molecular weight is 620 g/mol. The minimum absolute atomic E-state index is 1.20. The lowest BCUT2D eigenvalue weighted by atomic mass is 10.1. The molecular weight excluding hydrogens is 584 g/mol. The summed E-state index contributed by atoms with van der Waals surface area (Å²) in [4.78, 5) is 2.51. The van der Waals surface area contributed by atoms with E-state index in [1.54, 1.807) is 0 Å². The molecule has 2 unspecified atom stereocenters. The molecule has 0 radical (unpaired) electrons. The van der Waals surface area contributed by atoms with Crippen LogP contribution in [-0.2, 0) is 23.6 Å². The fourth-order valence-electron chi connectivity index (χ4n) is 7.05. The van der Waals surface area contributed by atoms with E-state index in [-0.39, 0.29) is 0 Å². The molecule has 2 aliphatic rings. The van der Waals surface area contributed by atoms with Gasteiger partial charge in [0.1, 0.15) is 0 Å². The Hall–Kier alpha value is -2.80. The Labute approximate surface area is 260 Å². The molecule has 5 heteroatoms. The van der Waals surface area contributed by atoms with Crippen LogP contribution in [0.2, 0.25) is 0 Å². The summed E-state index contributed by atoms with van der Waals surface area (Å²) in [5, 5.41) is 7.65. The number of anilines is 3. The van der Waals surface area contributed by atoms with Gasteiger partial charge in [-0.1, -0.05) is 106 Å². The molecular formula is C37H35NP2S2. The number of hydrogen-bond donors (Lipinski definition) is 0. The van der Waals surface area contributed by atoms with Gasteiger partial charge in [-0.25, -0.2) is 0 Å². The van der Waals surface area contributed by atoms with Gasteiger partial charge in [0, 0.05) is 33.3 Å². The van der Waals surface area contributed by atoms with E-state index in [1.807, 2.05) is 0 Å². The quantitative estimate of drug-likeness (QED) is 0.185. The predicted molar refractivity (Wildman–Crippen MR) is 194 cm³/mol. The van der Waals surface area contributed by atoms with Crippen LogP contribution >= 0.6 is 12.1 Å². The molecule has 0 fully saturated rings. The van der Waals surface area contributed by atoms with Gasteiger partial charge in [-0.05, 0) is 101 Å². The summed E-state index contributed by atoms with van der Waals surface area (Å²) in [6, 6.07) is 27.6. The third-order valence-corrected chi connectivity index (χ3v) is 18.4. The lowest BCUT2D eigenvalue weighted by Gasteiger charge is -2.47. The van der Waals surface area contributed by atoms with Crippen LogP contribution in [-0.4, -0.2) is 0 Å². The molecule has 2 aliphatic heterocycles. The Balaban J connectivity index is 1.69. The summed E-state index contributed by atoms with van der Waals surface area (Å²) in [5.41, 5.74) is 12.4. The first-order valence-corrected chi connectivity index (χ1v) is 20.1. The first-order valence-electron chi connectivity index (χ1n) is 14.5. The molecule has 0 aromatic heterocycles. The predicted octanol–water partition coefficient (Wildman–Crippen LogP) is 7.45. The molecule has 5 aromatic carbocycles. The van der Waals surface area contributed by atoms with Crippen LogP contribution < -0.4 is 36.7 Å². The lowest BCUT2D eigenvalue weighted by Crippen LogP contribution is -2.46. The molecule has 0 amide bonds. The van der Waals surface area contributed by atoms with Crippen molar-refractivity contribution in [3.63, 3.8) is 0 Å². The van der Waals surface area contributed by atoms with Crippen molar-refractivity contribution < 1.29 is 0 Å². The fourth-order valence-corrected chi connectivity index (χ4v) is 16.2. The van der Waals surface area contributed by atoms with Gasteiger partial charge in [0.05, 0.1) is 17.1 Å². The van der Waals surface area contributed by atoms with Crippen LogP contribution in [0.1, 0.15) is 38.9 Å². The maximum atomic E-state index is 7.07. The highest BCUT2D eigenvalue weighted by Crippen LogP contribution is 2.61. The Morgan fingerprint density at radius 3 is 1.12 bits per heavy atom. The highest BCUT2D eigenvalue weighted by atomic mass is 32.4. The van der Waals surface area contributed by atoms with Crippen molar-refractivity contribution in [2.45, 2.75) is 48.5 Å². The molecule has 2 atom stereocenters. The molecule has 0 saturated heterocycles. The van der Waals surface area contributed by atoms with Crippen molar-refractivity contribution in [1.29, 1.82) is 0 Å². The third kappa shape index (κ3) is 3.94. The van der Waals surface area contributed by atoms with E-state index in [9.17, 15) is 0 Å². The average Bonchev–Trinajstić information content (AvgIpc) is 2.92. The molecule has 42 heavy (non-hydrogen) atoms. The molecule has 0 N–H and O–H groups in total. The van der Waals surface area contributed by atoms with E-state index in [1.165, 1.54) is 87.8 Å². The van der Waals surface area contributed by atoms with Gasteiger partial charge in [-0.3, -0.25) is 0 Å². The highest BCUT2D eigenvalue weighted by molar-refractivity contribution is 8.27. The monoisotopic (exact) mass is 619 g/mol. The minimum Gasteiger partial charge on any atom is -0.308 e. The van der Waals surface area contributed by atoms with Gasteiger partial charge in [0.2, 0.25) is 0 Å². The maximum absolute atomic E-state index is 7.07. The molecule has 0 spiro atoms. The maximum Gasteiger partial charge on any atom is 0.0643 e. The Morgan fingerprint density at radius 2 is 0.738 bits per heavy atom. The number of fused-ring (bicyclic) bond motifs is 4. The second-order valence-electron chi connectivity index (χ2n) is 12.4. The smallest absolute Gasteiger partial charge is 0.0643 e. The Kier molecular flexibility index (Phi) is 6.40. The zero-order valence-electron chi connectivity index (χ0n) is 25.2. The normalized spacial score (nSPS) is 20.1. The first-order chi connectivity index (χ1) is 19.9. The van der Waals surface area contributed by atoms with Crippen molar-refractivity contribution >= 4 is 84.6 Å². The zero-order chi connectivity index (χ0) is 29.7. The van der Waals surface area contributed by atoms with E-state index in [4.69, 9.17) is 23.6 Å². The van der Waals surface area contributed by atoms with E-state index in [0.717, 1.165) is 0 Å². The van der Waals surface area contributed by atoms with Gasteiger partial charge < -0.3 is 4.90 Å². The Morgan fingerprint density at radius 1 is 0.405 bits per heavy atom. The van der Waals surface area contributed by atoms with E-state index >= 15 is 0 Å². The molecule has 5 aromatic rings. The molecule has 1 nitrogen and oxygen atoms in total. The number of aryl methyl sites for hydroxylation is 7. The highest BCUT2D eigenvalue weighted by Gasteiger charge is 2.46. The summed E-state index contributed by atoms with van der Waals surface area (Å²) in [7, 11) is 0. The summed E-state index contributed by atoms with van der Waals surface area (Å²) >= 11 is 14.1. The zero-order valence-corrected chi connectivity index (χ0v) is 28.7. The summed E-state index contributed by atoms with van der Waals surface area (Å²) in [6.07, 6.45) is 0. The largest absolute Gasteiger partial charge is 0.308 e. The second kappa shape index (κ2) is 9.60. The van der Waals surface area contributed by atoms with Crippen LogP contribution in [0.15, 0.2) is 84.9 Å². The first kappa shape index (κ1) is 28.0. The fraction of sp³-hybridized carbons (Fsp3) is 0.189. The van der Waals surface area contributed by atoms with Crippen molar-refractivity contribution in [2.75, 3.05) is 4.90 Å². The lowest BCUT2D eigenvalue weighted by molar-refractivity contribution is 1.29. The van der Waals surface area contributed by atoms with E-state index in [2.05, 4.69) is 138 Å². The minimum atomic E-state index is -2.42. The van der Waals surface area contributed by atoms with Crippen LogP contribution in [0.4, 0.5) is 17.1 Å². The van der Waals surface area contributed by atoms with Gasteiger partial charge in [-0.2, -0.15) is 0 Å². The number of rotatable bonds is 2. The SMILES string of the molecule is Cc1cc(C)cc(P2(=S)c3cc(C)ccc3N3c4ccc(C)cc4P(=S)(c4cc(C)cc(C)c4)c4cc(C)cc2c43)c1. The second-order valence-corrected chi connectivity index (χ2v) is 21.1. The molecule has 210 valence electrons. The van der Waals surface area contributed by atoms with Crippen molar-refractivity contribution in [2.24, 2.45) is 0 Å². The van der Waals surface area contributed by atoms with Crippen LogP contribution in [0.5, 0.6) is 0 Å². The summed E-state index contributed by atoms with van der Waals surface area (Å²) in [6.45, 7) is 15.4. The standard InChI is InChI=1S/C37H35NP2S2/c1-22-8-10-31-33(18-22)39(41,29-14-24(3)12-25(4)15-29)35-20-28(7)21-36-37(35)38(31)32-11-9-23(2)19-34(32)40(36,42)30-16-26(5)13-27(6)17-30/h8-21H,1-7H3. The molecule has 0 bridgehead atoms. The van der Waals surface area contributed by atoms with E-state index < -0.39 is 12.1 Å².